The summed E-state index contributed by atoms with van der Waals surface area (Å²) in [5.74, 6) is 0.898. The molecule has 1 atom stereocenters. The van der Waals surface area contributed by atoms with E-state index in [0.717, 1.165) is 46.6 Å². The molecule has 0 amide bonds. The maximum atomic E-state index is 5.10. The maximum Gasteiger partial charge on any atom is 0.186 e. The second kappa shape index (κ2) is 6.63. The lowest BCUT2D eigenvalue weighted by Crippen LogP contribution is -2.14. The normalized spacial score (nSPS) is 12.9. The summed E-state index contributed by atoms with van der Waals surface area (Å²) in [4.78, 5) is 4.62. The Bertz CT molecular complexity index is 756. The second-order valence-electron chi connectivity index (χ2n) is 5.48. The quantitative estimate of drug-likeness (QED) is 0.666. The highest BCUT2D eigenvalue weighted by atomic mass is 32.1. The van der Waals surface area contributed by atoms with Crippen molar-refractivity contribution in [3.63, 3.8) is 0 Å². The highest BCUT2D eigenvalue weighted by Crippen LogP contribution is 2.30. The van der Waals surface area contributed by atoms with E-state index in [1.165, 1.54) is 0 Å². The van der Waals surface area contributed by atoms with Gasteiger partial charge in [0.15, 0.2) is 16.6 Å². The fourth-order valence-electron chi connectivity index (χ4n) is 2.55. The molecular formula is C14H21N7OS. The summed E-state index contributed by atoms with van der Waals surface area (Å²) in [7, 11) is 3.62. The van der Waals surface area contributed by atoms with Gasteiger partial charge in [0.1, 0.15) is 6.33 Å². The number of thiazole rings is 1. The first kappa shape index (κ1) is 15.9. The number of nitrogens with zero attached hydrogens (tertiary/aromatic N) is 6. The van der Waals surface area contributed by atoms with Crippen molar-refractivity contribution < 1.29 is 4.74 Å². The zero-order chi connectivity index (χ0) is 16.4. The molecule has 0 aliphatic rings. The first-order chi connectivity index (χ1) is 11.1. The topological polar surface area (TPSA) is 82.7 Å². The van der Waals surface area contributed by atoms with Crippen LogP contribution in [0.15, 0.2) is 6.33 Å². The number of methoxy groups -OCH3 is 1. The minimum absolute atomic E-state index is 0.0221. The predicted octanol–water partition coefficient (Wildman–Crippen LogP) is 2.14. The van der Waals surface area contributed by atoms with Crippen molar-refractivity contribution in [3.05, 3.63) is 17.8 Å². The van der Waals surface area contributed by atoms with Crippen LogP contribution in [0.3, 0.4) is 0 Å². The third kappa shape index (κ3) is 3.20. The predicted molar refractivity (Wildman–Crippen MR) is 89.7 cm³/mol. The summed E-state index contributed by atoms with van der Waals surface area (Å²) in [5.41, 5.74) is 1.91. The van der Waals surface area contributed by atoms with Crippen LogP contribution in [0.5, 0.6) is 0 Å². The molecule has 124 valence electrons. The summed E-state index contributed by atoms with van der Waals surface area (Å²) in [6.45, 7) is 5.63. The van der Waals surface area contributed by atoms with Crippen molar-refractivity contribution in [2.45, 2.75) is 32.9 Å². The molecule has 0 radical (unpaired) electrons. The smallest absolute Gasteiger partial charge is 0.186 e. The Morgan fingerprint density at radius 2 is 2.26 bits per heavy atom. The zero-order valence-corrected chi connectivity index (χ0v) is 14.6. The van der Waals surface area contributed by atoms with E-state index in [1.54, 1.807) is 24.8 Å². The lowest BCUT2D eigenvalue weighted by molar-refractivity contribution is 0.190. The van der Waals surface area contributed by atoms with Crippen LogP contribution in [0.25, 0.3) is 10.3 Å². The van der Waals surface area contributed by atoms with E-state index >= 15 is 0 Å². The SMILES string of the molecule is COCCCn1cnnc1[C@@H](C)Nc1nc2c(s1)c(C)nn2C. The van der Waals surface area contributed by atoms with E-state index in [4.69, 9.17) is 4.74 Å². The molecule has 3 aromatic rings. The van der Waals surface area contributed by atoms with Crippen molar-refractivity contribution in [1.29, 1.82) is 0 Å². The van der Waals surface area contributed by atoms with Crippen molar-refractivity contribution in [2.75, 3.05) is 19.0 Å². The number of ether oxygens (including phenoxy) is 1. The summed E-state index contributed by atoms with van der Waals surface area (Å²) in [5, 5.41) is 16.9. The third-order valence-corrected chi connectivity index (χ3v) is 4.75. The molecular weight excluding hydrogens is 314 g/mol. The molecule has 0 aliphatic heterocycles. The van der Waals surface area contributed by atoms with Crippen molar-refractivity contribution in [3.8, 4) is 0 Å². The Morgan fingerprint density at radius 3 is 3.00 bits per heavy atom. The molecule has 0 fully saturated rings. The number of hydrogen-bond acceptors (Lipinski definition) is 7. The van der Waals surface area contributed by atoms with Crippen LogP contribution in [0, 0.1) is 6.92 Å². The van der Waals surface area contributed by atoms with Gasteiger partial charge in [-0.1, -0.05) is 11.3 Å². The Labute approximate surface area is 138 Å². The van der Waals surface area contributed by atoms with Crippen LogP contribution in [-0.2, 0) is 18.3 Å². The van der Waals surface area contributed by atoms with Crippen LogP contribution >= 0.6 is 11.3 Å². The van der Waals surface area contributed by atoms with Crippen LogP contribution in [0.1, 0.15) is 30.9 Å². The van der Waals surface area contributed by atoms with Gasteiger partial charge in [-0.25, -0.2) is 9.67 Å². The summed E-state index contributed by atoms with van der Waals surface area (Å²) >= 11 is 1.61. The van der Waals surface area contributed by atoms with E-state index in [1.807, 2.05) is 18.7 Å². The molecule has 0 spiro atoms. The number of fused-ring (bicyclic) bond motifs is 1. The number of aromatic nitrogens is 6. The zero-order valence-electron chi connectivity index (χ0n) is 13.8. The Kier molecular flexibility index (Phi) is 4.58. The van der Waals surface area contributed by atoms with E-state index in [-0.39, 0.29) is 6.04 Å². The molecule has 0 saturated carbocycles. The second-order valence-corrected chi connectivity index (χ2v) is 6.47. The van der Waals surface area contributed by atoms with Crippen molar-refractivity contribution in [2.24, 2.45) is 7.05 Å². The summed E-state index contributed by atoms with van der Waals surface area (Å²) in [6.07, 6.45) is 2.69. The molecule has 1 N–H and O–H groups in total. The van der Waals surface area contributed by atoms with E-state index in [2.05, 4.69) is 37.1 Å². The molecule has 3 rings (SSSR count). The Morgan fingerprint density at radius 1 is 1.43 bits per heavy atom. The minimum Gasteiger partial charge on any atom is -0.385 e. The van der Waals surface area contributed by atoms with Gasteiger partial charge in [-0.05, 0) is 20.3 Å². The first-order valence-electron chi connectivity index (χ1n) is 7.53. The molecule has 0 aliphatic carbocycles. The lowest BCUT2D eigenvalue weighted by atomic mass is 10.3. The number of rotatable bonds is 7. The standard InChI is InChI=1S/C14H21N7OS/c1-9-11-13(20(3)19-9)17-14(23-11)16-10(2)12-18-15-8-21(12)6-5-7-22-4/h8,10H,5-7H2,1-4H3,(H,16,17)/t10-/m1/s1. The Balaban J connectivity index is 1.74. The van der Waals surface area contributed by atoms with E-state index in [0.29, 0.717) is 0 Å². The van der Waals surface area contributed by atoms with Crippen LogP contribution in [0.4, 0.5) is 5.13 Å². The molecule has 0 aromatic carbocycles. The minimum atomic E-state index is 0.0221. The van der Waals surface area contributed by atoms with E-state index < -0.39 is 0 Å². The van der Waals surface area contributed by atoms with Gasteiger partial charge < -0.3 is 14.6 Å². The van der Waals surface area contributed by atoms with Gasteiger partial charge in [-0.3, -0.25) is 0 Å². The van der Waals surface area contributed by atoms with Gasteiger partial charge in [0.25, 0.3) is 0 Å². The molecule has 0 saturated heterocycles. The fraction of sp³-hybridized carbons (Fsp3) is 0.571. The van der Waals surface area contributed by atoms with Gasteiger partial charge in [-0.15, -0.1) is 10.2 Å². The van der Waals surface area contributed by atoms with E-state index in [9.17, 15) is 0 Å². The number of anilines is 1. The Hall–Kier alpha value is -2.00. The largest absolute Gasteiger partial charge is 0.385 e. The average Bonchev–Trinajstić information content (AvgIpc) is 3.19. The van der Waals surface area contributed by atoms with Gasteiger partial charge in [-0.2, -0.15) is 5.10 Å². The highest BCUT2D eigenvalue weighted by Gasteiger charge is 2.17. The number of nitrogens with one attached hydrogen (secondary N) is 1. The van der Waals surface area contributed by atoms with Gasteiger partial charge in [0.2, 0.25) is 0 Å². The lowest BCUT2D eigenvalue weighted by Gasteiger charge is -2.13. The fourth-order valence-corrected chi connectivity index (χ4v) is 3.57. The van der Waals surface area contributed by atoms with Gasteiger partial charge in [0.05, 0.1) is 16.4 Å². The third-order valence-electron chi connectivity index (χ3n) is 3.66. The molecule has 0 unspecified atom stereocenters. The van der Waals surface area contributed by atoms with Gasteiger partial charge >= 0.3 is 0 Å². The highest BCUT2D eigenvalue weighted by molar-refractivity contribution is 7.22. The number of aryl methyl sites for hydroxylation is 3. The molecule has 0 bridgehead atoms. The van der Waals surface area contributed by atoms with Crippen molar-refractivity contribution >= 4 is 26.8 Å². The van der Waals surface area contributed by atoms with Crippen LogP contribution < -0.4 is 5.32 Å². The monoisotopic (exact) mass is 335 g/mol. The maximum absolute atomic E-state index is 5.10. The molecule has 3 heterocycles. The molecule has 8 nitrogen and oxygen atoms in total. The van der Waals surface area contributed by atoms with Crippen molar-refractivity contribution in [1.82, 2.24) is 29.5 Å². The summed E-state index contributed by atoms with van der Waals surface area (Å²) < 4.78 is 10.1. The number of hydrogen-bond donors (Lipinski definition) is 1. The van der Waals surface area contributed by atoms with Crippen LogP contribution in [0.2, 0.25) is 0 Å². The molecule has 3 aromatic heterocycles. The summed E-state index contributed by atoms with van der Waals surface area (Å²) in [6, 6.07) is 0.0221. The molecule has 23 heavy (non-hydrogen) atoms. The average molecular weight is 335 g/mol. The first-order valence-corrected chi connectivity index (χ1v) is 8.35. The molecule has 9 heteroatoms. The van der Waals surface area contributed by atoms with Crippen LogP contribution in [-0.4, -0.2) is 43.2 Å². The van der Waals surface area contributed by atoms with Gasteiger partial charge in [0, 0.05) is 27.3 Å².